The Labute approximate surface area is 203 Å². The molecule has 0 aliphatic heterocycles. The summed E-state index contributed by atoms with van der Waals surface area (Å²) in [5.41, 5.74) is -0.853. The van der Waals surface area contributed by atoms with E-state index < -0.39 is 23.0 Å². The van der Waals surface area contributed by atoms with Gasteiger partial charge < -0.3 is 5.11 Å². The maximum Gasteiger partial charge on any atom is 0.313 e. The average Bonchev–Trinajstić information content (AvgIpc) is 3.39. The number of nitriles is 1. The van der Waals surface area contributed by atoms with Gasteiger partial charge in [-0.25, -0.2) is 8.78 Å². The van der Waals surface area contributed by atoms with Crippen LogP contribution in [0.25, 0.3) is 16.6 Å². The van der Waals surface area contributed by atoms with Crippen molar-refractivity contribution < 1.29 is 18.7 Å². The van der Waals surface area contributed by atoms with Gasteiger partial charge in [0.15, 0.2) is 5.82 Å². The number of hydrogen-bond donors (Lipinski definition) is 1. The lowest BCUT2D eigenvalue weighted by molar-refractivity contribution is -0.142. The molecule has 4 aromatic rings. The average molecular weight is 501 g/mol. The first kappa shape index (κ1) is 23.8. The van der Waals surface area contributed by atoms with Crippen molar-refractivity contribution in [3.8, 4) is 11.8 Å². The molecule has 2 aromatic heterocycles. The fourth-order valence-electron chi connectivity index (χ4n) is 3.68. The number of benzene rings is 2. The molecule has 2 heterocycles. The molecule has 0 aliphatic rings. The van der Waals surface area contributed by atoms with Gasteiger partial charge in [-0.1, -0.05) is 35.5 Å². The van der Waals surface area contributed by atoms with Gasteiger partial charge in [-0.15, -0.1) is 0 Å². The number of aliphatic carboxylic acids is 1. The molecule has 1 N–H and O–H groups in total. The van der Waals surface area contributed by atoms with Crippen molar-refractivity contribution in [3.63, 3.8) is 0 Å². The number of halogens is 3. The maximum absolute atomic E-state index is 15.5. The minimum atomic E-state index is -1.47. The maximum atomic E-state index is 15.5. The van der Waals surface area contributed by atoms with Crippen LogP contribution in [0.2, 0.25) is 5.02 Å². The molecule has 0 bridgehead atoms. The van der Waals surface area contributed by atoms with Crippen molar-refractivity contribution in [1.29, 1.82) is 5.26 Å². The Morgan fingerprint density at radius 2 is 2.00 bits per heavy atom. The van der Waals surface area contributed by atoms with Crippen molar-refractivity contribution >= 4 is 40.2 Å². The van der Waals surface area contributed by atoms with Gasteiger partial charge in [-0.2, -0.15) is 10.4 Å². The van der Waals surface area contributed by atoms with E-state index in [1.807, 2.05) is 6.92 Å². The number of carboxylic acid groups (broad SMARTS) is 1. The van der Waals surface area contributed by atoms with Crippen LogP contribution < -0.4 is 0 Å². The van der Waals surface area contributed by atoms with E-state index in [1.54, 1.807) is 23.0 Å². The number of carboxylic acids is 1. The van der Waals surface area contributed by atoms with E-state index in [0.717, 1.165) is 11.8 Å². The fourth-order valence-corrected chi connectivity index (χ4v) is 4.91. The van der Waals surface area contributed by atoms with E-state index in [1.165, 1.54) is 42.8 Å². The van der Waals surface area contributed by atoms with Gasteiger partial charge in [0, 0.05) is 28.6 Å². The fraction of sp³-hybridized carbons (Fsp3) is 0.208. The van der Waals surface area contributed by atoms with Crippen LogP contribution in [0.1, 0.15) is 32.0 Å². The van der Waals surface area contributed by atoms with Crippen molar-refractivity contribution in [1.82, 2.24) is 14.3 Å². The quantitative estimate of drug-likeness (QED) is 0.342. The highest BCUT2D eigenvalue weighted by atomic mass is 35.5. The molecule has 0 fully saturated rings. The molecule has 0 saturated heterocycles. The third kappa shape index (κ3) is 3.73. The highest BCUT2D eigenvalue weighted by Crippen LogP contribution is 2.43. The van der Waals surface area contributed by atoms with Gasteiger partial charge in [-0.3, -0.25) is 14.0 Å². The zero-order valence-electron chi connectivity index (χ0n) is 18.4. The van der Waals surface area contributed by atoms with Crippen molar-refractivity contribution in [2.24, 2.45) is 0 Å². The second kappa shape index (κ2) is 8.78. The molecule has 0 amide bonds. The Balaban J connectivity index is 1.98. The number of aromatic nitrogens is 3. The summed E-state index contributed by atoms with van der Waals surface area (Å²) in [4.78, 5) is 12.1. The van der Waals surface area contributed by atoms with E-state index in [9.17, 15) is 15.2 Å². The van der Waals surface area contributed by atoms with Crippen LogP contribution in [0.5, 0.6) is 0 Å². The number of rotatable bonds is 6. The van der Waals surface area contributed by atoms with Gasteiger partial charge in [0.25, 0.3) is 0 Å². The van der Waals surface area contributed by atoms with E-state index in [-0.39, 0.29) is 26.7 Å². The van der Waals surface area contributed by atoms with Crippen molar-refractivity contribution in [2.75, 3.05) is 0 Å². The summed E-state index contributed by atoms with van der Waals surface area (Å²) in [6, 6.07) is 9.53. The standard InChI is InChI=1S/C24H19ClF2N4O2S/c1-4-30-12-13(11-29-30)31-17(10-28)22(14-8-9-16(25)20(27)21(14)31)34-18-7-5-6-15(19(18)26)24(2,3)23(32)33/h5-9,11-12H,4H2,1-3H3,(H,32,33). The third-order valence-corrected chi connectivity index (χ3v) is 7.11. The van der Waals surface area contributed by atoms with E-state index >= 15 is 8.78 Å². The monoisotopic (exact) mass is 500 g/mol. The minimum Gasteiger partial charge on any atom is -0.481 e. The molecule has 4 rings (SSSR count). The van der Waals surface area contributed by atoms with Crippen LogP contribution >= 0.6 is 23.4 Å². The van der Waals surface area contributed by atoms with Gasteiger partial charge in [-0.05, 0) is 39.0 Å². The summed E-state index contributed by atoms with van der Waals surface area (Å²) in [5.74, 6) is -2.60. The van der Waals surface area contributed by atoms with Gasteiger partial charge in [0.05, 0.1) is 32.7 Å². The second-order valence-electron chi connectivity index (χ2n) is 8.09. The van der Waals surface area contributed by atoms with Crippen molar-refractivity contribution in [3.05, 3.63) is 70.6 Å². The second-order valence-corrected chi connectivity index (χ2v) is 9.55. The topological polar surface area (TPSA) is 83.8 Å². The highest BCUT2D eigenvalue weighted by Gasteiger charge is 2.33. The lowest BCUT2D eigenvalue weighted by atomic mass is 9.84. The number of carbonyl (C=O) groups is 1. The van der Waals surface area contributed by atoms with E-state index in [4.69, 9.17) is 11.6 Å². The smallest absolute Gasteiger partial charge is 0.313 e. The largest absolute Gasteiger partial charge is 0.481 e. The molecule has 174 valence electrons. The summed E-state index contributed by atoms with van der Waals surface area (Å²) in [6.07, 6.45) is 3.18. The summed E-state index contributed by atoms with van der Waals surface area (Å²) in [5, 5.41) is 24.1. The number of nitrogens with zero attached hydrogens (tertiary/aromatic N) is 4. The lowest BCUT2D eigenvalue weighted by Crippen LogP contribution is -2.29. The first-order chi connectivity index (χ1) is 16.1. The molecule has 2 aromatic carbocycles. The molecule has 6 nitrogen and oxygen atoms in total. The zero-order valence-corrected chi connectivity index (χ0v) is 20.0. The Kier molecular flexibility index (Phi) is 6.14. The normalized spacial score (nSPS) is 11.7. The predicted octanol–water partition coefficient (Wildman–Crippen LogP) is 6.16. The summed E-state index contributed by atoms with van der Waals surface area (Å²) in [7, 11) is 0. The van der Waals surface area contributed by atoms with Gasteiger partial charge in [0.1, 0.15) is 17.6 Å². The molecule has 0 spiro atoms. The Morgan fingerprint density at radius 3 is 2.62 bits per heavy atom. The zero-order chi connectivity index (χ0) is 24.8. The van der Waals surface area contributed by atoms with E-state index in [2.05, 4.69) is 11.2 Å². The SMILES string of the molecule is CCn1cc(-n2c(C#N)c(Sc3cccc(C(C)(C)C(=O)O)c3F)c3ccc(Cl)c(F)c32)cn1. The third-order valence-electron chi connectivity index (χ3n) is 5.67. The van der Waals surface area contributed by atoms with Gasteiger partial charge in [0.2, 0.25) is 0 Å². The Hall–Kier alpha value is -3.35. The number of aryl methyl sites for hydroxylation is 1. The van der Waals surface area contributed by atoms with E-state index in [0.29, 0.717) is 22.5 Å². The first-order valence-electron chi connectivity index (χ1n) is 10.3. The molecular formula is C24H19ClF2N4O2S. The van der Waals surface area contributed by atoms with Gasteiger partial charge >= 0.3 is 5.97 Å². The van der Waals surface area contributed by atoms with Crippen LogP contribution in [0, 0.1) is 23.0 Å². The molecule has 0 radical (unpaired) electrons. The summed E-state index contributed by atoms with van der Waals surface area (Å²) in [6.45, 7) is 5.29. The Bertz CT molecular complexity index is 1490. The number of fused-ring (bicyclic) bond motifs is 1. The lowest BCUT2D eigenvalue weighted by Gasteiger charge is -2.21. The first-order valence-corrected chi connectivity index (χ1v) is 11.5. The van der Waals surface area contributed by atoms with Crippen LogP contribution in [-0.4, -0.2) is 25.4 Å². The minimum absolute atomic E-state index is 0.00527. The van der Waals surface area contributed by atoms with Crippen molar-refractivity contribution in [2.45, 2.75) is 42.5 Å². The molecule has 0 unspecified atom stereocenters. The molecule has 0 aliphatic carbocycles. The molecule has 0 atom stereocenters. The molecule has 0 saturated carbocycles. The summed E-state index contributed by atoms with van der Waals surface area (Å²) < 4.78 is 33.8. The van der Waals surface area contributed by atoms with Crippen LogP contribution in [0.3, 0.4) is 0 Å². The molecule has 10 heteroatoms. The summed E-state index contributed by atoms with van der Waals surface area (Å²) >= 11 is 6.99. The molecular weight excluding hydrogens is 482 g/mol. The predicted molar refractivity (Wildman–Crippen MR) is 126 cm³/mol. The van der Waals surface area contributed by atoms with Crippen LogP contribution in [0.15, 0.2) is 52.5 Å². The van der Waals surface area contributed by atoms with Crippen LogP contribution in [-0.2, 0) is 16.8 Å². The Morgan fingerprint density at radius 1 is 1.26 bits per heavy atom. The number of hydrogen-bond acceptors (Lipinski definition) is 4. The highest BCUT2D eigenvalue weighted by molar-refractivity contribution is 7.99. The van der Waals surface area contributed by atoms with Crippen LogP contribution in [0.4, 0.5) is 8.78 Å². The molecule has 34 heavy (non-hydrogen) atoms.